The number of allylic oxidation sites excluding steroid dienone is 1. The van der Waals surface area contributed by atoms with Crippen molar-refractivity contribution < 1.29 is 5.11 Å². The summed E-state index contributed by atoms with van der Waals surface area (Å²) in [5, 5.41) is 9.86. The summed E-state index contributed by atoms with van der Waals surface area (Å²) in [7, 11) is 0. The van der Waals surface area contributed by atoms with E-state index < -0.39 is 6.10 Å². The summed E-state index contributed by atoms with van der Waals surface area (Å²) in [6.07, 6.45) is 14.1. The maximum Gasteiger partial charge on any atom is 0.156 e. The van der Waals surface area contributed by atoms with E-state index in [0.29, 0.717) is 0 Å². The summed E-state index contributed by atoms with van der Waals surface area (Å²) in [5.41, 5.74) is 0.734. The fourth-order valence-electron chi connectivity index (χ4n) is 1.64. The average molecular weight is 246 g/mol. The second-order valence-corrected chi connectivity index (χ2v) is 4.78. The van der Waals surface area contributed by atoms with Gasteiger partial charge in [-0.05, 0) is 12.5 Å². The van der Waals surface area contributed by atoms with Gasteiger partial charge in [0.05, 0.1) is 16.8 Å². The average Bonchev–Trinajstić information content (AvgIpc) is 2.88. The lowest BCUT2D eigenvalue weighted by molar-refractivity contribution is 0.232. The molecule has 88 valence electrons. The molecule has 0 amide bonds. The van der Waals surface area contributed by atoms with Crippen LogP contribution in [-0.2, 0) is 0 Å². The molecule has 0 bridgehead atoms. The van der Waals surface area contributed by atoms with Crippen LogP contribution in [0.15, 0.2) is 18.6 Å². The Kier molecular flexibility index (Phi) is 3.62. The lowest BCUT2D eigenvalue weighted by Crippen LogP contribution is -1.99. The van der Waals surface area contributed by atoms with Gasteiger partial charge < -0.3 is 5.11 Å². The van der Waals surface area contributed by atoms with Crippen LogP contribution in [0, 0.1) is 12.3 Å². The molecule has 0 radical (unpaired) electrons. The largest absolute Gasteiger partial charge is 0.374 e. The van der Waals surface area contributed by atoms with E-state index in [-0.39, 0.29) is 0 Å². The zero-order valence-electron chi connectivity index (χ0n) is 9.63. The van der Waals surface area contributed by atoms with E-state index in [1.165, 1.54) is 0 Å². The highest BCUT2D eigenvalue weighted by Crippen LogP contribution is 2.29. The van der Waals surface area contributed by atoms with Gasteiger partial charge in [-0.15, -0.1) is 17.8 Å². The van der Waals surface area contributed by atoms with E-state index in [2.05, 4.69) is 23.9 Å². The van der Waals surface area contributed by atoms with E-state index in [4.69, 9.17) is 6.42 Å². The monoisotopic (exact) mass is 246 g/mol. The van der Waals surface area contributed by atoms with Crippen molar-refractivity contribution in [2.75, 3.05) is 0 Å². The Morgan fingerprint density at radius 1 is 1.71 bits per heavy atom. The Morgan fingerprint density at radius 3 is 3.24 bits per heavy atom. The number of rotatable bonds is 4. The zero-order chi connectivity index (χ0) is 12.3. The number of thiazole rings is 1. The Labute approximate surface area is 104 Å². The highest BCUT2D eigenvalue weighted by Gasteiger charge is 2.16. The van der Waals surface area contributed by atoms with Crippen LogP contribution in [0.4, 0.5) is 0 Å². The Morgan fingerprint density at radius 2 is 2.53 bits per heavy atom. The number of unbranched alkanes of at least 4 members (excludes halogenated alkanes) is 1. The molecule has 2 aromatic heterocycles. The molecular weight excluding hydrogens is 232 g/mol. The maximum atomic E-state index is 9.86. The molecule has 0 spiro atoms. The Balaban J connectivity index is 2.47. The van der Waals surface area contributed by atoms with E-state index in [1.807, 2.05) is 10.5 Å². The molecule has 2 aromatic rings. The van der Waals surface area contributed by atoms with Gasteiger partial charge >= 0.3 is 0 Å². The van der Waals surface area contributed by atoms with Crippen LogP contribution in [0.3, 0.4) is 0 Å². The number of imidazole rings is 1. The number of aromatic nitrogens is 2. The molecule has 0 aliphatic heterocycles. The maximum absolute atomic E-state index is 9.86. The highest BCUT2D eigenvalue weighted by molar-refractivity contribution is 7.18. The first-order valence-electron chi connectivity index (χ1n) is 5.53. The third-order valence-corrected chi connectivity index (χ3v) is 3.55. The van der Waals surface area contributed by atoms with E-state index in [9.17, 15) is 5.11 Å². The van der Waals surface area contributed by atoms with Gasteiger partial charge in [0.25, 0.3) is 0 Å². The summed E-state index contributed by atoms with van der Waals surface area (Å²) < 4.78 is 1.85. The van der Waals surface area contributed by atoms with Crippen molar-refractivity contribution in [3.8, 4) is 12.3 Å². The third-order valence-electron chi connectivity index (χ3n) is 2.47. The molecule has 2 rings (SSSR count). The molecule has 17 heavy (non-hydrogen) atoms. The molecule has 0 saturated carbocycles. The summed E-state index contributed by atoms with van der Waals surface area (Å²) in [6.45, 7) is 2.13. The molecule has 0 fully saturated rings. The molecule has 0 aliphatic carbocycles. The van der Waals surface area contributed by atoms with E-state index in [1.54, 1.807) is 23.9 Å². The molecule has 0 aliphatic rings. The first-order valence-corrected chi connectivity index (χ1v) is 6.35. The second-order valence-electron chi connectivity index (χ2n) is 3.71. The van der Waals surface area contributed by atoms with E-state index >= 15 is 0 Å². The summed E-state index contributed by atoms with van der Waals surface area (Å²) in [6, 6.07) is 0. The normalized spacial score (nSPS) is 13.2. The highest BCUT2D eigenvalue weighted by atomic mass is 32.1. The molecule has 1 atom stereocenters. The lowest BCUT2D eigenvalue weighted by atomic mass is 10.2. The minimum absolute atomic E-state index is 0.734. The predicted molar refractivity (Wildman–Crippen MR) is 70.8 cm³/mol. The number of aliphatic hydroxyl groups is 1. The Hall–Kier alpha value is -1.57. The van der Waals surface area contributed by atoms with Gasteiger partial charge in [-0.25, -0.2) is 4.98 Å². The molecular formula is C13H14N2OS. The van der Waals surface area contributed by atoms with Crippen LogP contribution < -0.4 is 0 Å². The van der Waals surface area contributed by atoms with Crippen molar-refractivity contribution >= 4 is 22.2 Å². The van der Waals surface area contributed by atoms with Crippen LogP contribution in [-0.4, -0.2) is 14.5 Å². The van der Waals surface area contributed by atoms with Crippen molar-refractivity contribution in [1.82, 2.24) is 9.38 Å². The fraction of sp³-hybridized carbons (Fsp3) is 0.308. The standard InChI is InChI=1S/C13H14N2OS/c1-3-5-6-7-11-13(10(16)4-2)15-9-14-8-12(15)17-11/h2,6-10,16H,3,5H2,1H3. The van der Waals surface area contributed by atoms with Crippen molar-refractivity contribution in [3.05, 3.63) is 29.2 Å². The second kappa shape index (κ2) is 5.17. The van der Waals surface area contributed by atoms with Gasteiger partial charge in [-0.2, -0.15) is 0 Å². The number of hydrogen-bond acceptors (Lipinski definition) is 3. The lowest BCUT2D eigenvalue weighted by Gasteiger charge is -2.03. The first-order chi connectivity index (χ1) is 8.27. The molecule has 1 N–H and O–H groups in total. The summed E-state index contributed by atoms with van der Waals surface area (Å²) >= 11 is 1.58. The van der Waals surface area contributed by atoms with Gasteiger partial charge in [0.2, 0.25) is 0 Å². The number of aliphatic hydroxyl groups excluding tert-OH is 1. The predicted octanol–water partition coefficient (Wildman–Crippen LogP) is 2.88. The molecule has 1 unspecified atom stereocenters. The quantitative estimate of drug-likeness (QED) is 0.842. The van der Waals surface area contributed by atoms with E-state index in [0.717, 1.165) is 28.2 Å². The van der Waals surface area contributed by atoms with Crippen LogP contribution in [0.1, 0.15) is 36.4 Å². The van der Waals surface area contributed by atoms with Gasteiger partial charge in [0, 0.05) is 0 Å². The molecule has 3 nitrogen and oxygen atoms in total. The van der Waals surface area contributed by atoms with Gasteiger partial charge in [-0.1, -0.05) is 25.3 Å². The van der Waals surface area contributed by atoms with Gasteiger partial charge in [0.1, 0.15) is 11.2 Å². The number of fused-ring (bicyclic) bond motifs is 1. The number of nitrogens with zero attached hydrogens (tertiary/aromatic N) is 2. The molecule has 4 heteroatoms. The Bertz CT molecular complexity index is 574. The first kappa shape index (κ1) is 11.9. The molecule has 0 saturated heterocycles. The fourth-order valence-corrected chi connectivity index (χ4v) is 2.71. The van der Waals surface area contributed by atoms with Crippen molar-refractivity contribution in [2.45, 2.75) is 25.9 Å². The molecule has 2 heterocycles. The molecule has 0 aromatic carbocycles. The van der Waals surface area contributed by atoms with Crippen molar-refractivity contribution in [2.24, 2.45) is 0 Å². The minimum atomic E-state index is -0.890. The smallest absolute Gasteiger partial charge is 0.156 e. The van der Waals surface area contributed by atoms with Gasteiger partial charge in [0.15, 0.2) is 6.10 Å². The minimum Gasteiger partial charge on any atom is -0.374 e. The zero-order valence-corrected chi connectivity index (χ0v) is 10.4. The number of hydrogen-bond donors (Lipinski definition) is 1. The van der Waals surface area contributed by atoms with Crippen LogP contribution >= 0.6 is 11.3 Å². The van der Waals surface area contributed by atoms with Crippen molar-refractivity contribution in [3.63, 3.8) is 0 Å². The van der Waals surface area contributed by atoms with Crippen LogP contribution in [0.5, 0.6) is 0 Å². The summed E-state index contributed by atoms with van der Waals surface area (Å²) in [4.78, 5) is 6.04. The number of terminal acetylenes is 1. The van der Waals surface area contributed by atoms with Crippen LogP contribution in [0.2, 0.25) is 0 Å². The SMILES string of the molecule is C#CC(O)c1c(C=CCCC)sc2cncn12. The summed E-state index contributed by atoms with van der Waals surface area (Å²) in [5.74, 6) is 2.36. The van der Waals surface area contributed by atoms with Crippen molar-refractivity contribution in [1.29, 1.82) is 0 Å². The van der Waals surface area contributed by atoms with Gasteiger partial charge in [-0.3, -0.25) is 4.40 Å². The third kappa shape index (κ3) is 2.26. The van der Waals surface area contributed by atoms with Crippen LogP contribution in [0.25, 0.3) is 10.9 Å². The topological polar surface area (TPSA) is 37.5 Å².